The van der Waals surface area contributed by atoms with Gasteiger partial charge in [-0.2, -0.15) is 0 Å². The molecule has 3 aliphatic rings. The molecule has 0 radical (unpaired) electrons. The minimum absolute atomic E-state index is 0.00505. The number of primary amides is 1. The first-order chi connectivity index (χ1) is 20.1. The van der Waals surface area contributed by atoms with E-state index < -0.39 is 58.0 Å². The van der Waals surface area contributed by atoms with Crippen molar-refractivity contribution < 1.29 is 34.8 Å². The minimum Gasteiger partial charge on any atom is -0.510 e. The van der Waals surface area contributed by atoms with Crippen LogP contribution in [0.15, 0.2) is 59.1 Å². The molecule has 0 fully saturated rings. The number of aromatic hydroxyl groups is 1. The van der Waals surface area contributed by atoms with Crippen molar-refractivity contribution in [1.82, 2.24) is 10.2 Å². The molecule has 10 nitrogen and oxygen atoms in total. The van der Waals surface area contributed by atoms with E-state index >= 15 is 0 Å². The monoisotopic (exact) mass is 589 g/mol. The number of amides is 1. The highest BCUT2D eigenvalue weighted by Gasteiger charge is 2.63. The maximum atomic E-state index is 14.0. The average Bonchev–Trinajstić information content (AvgIpc) is 2.90. The van der Waals surface area contributed by atoms with E-state index in [2.05, 4.69) is 26.1 Å². The number of fused-ring (bicyclic) bond motifs is 3. The number of nitrogens with one attached hydrogen (secondary N) is 1. The number of ketones is 2. The number of allylic oxidation sites excluding steroid dienone is 1. The zero-order valence-corrected chi connectivity index (χ0v) is 25.1. The molecule has 7 N–H and O–H groups in total. The third kappa shape index (κ3) is 4.93. The van der Waals surface area contributed by atoms with Crippen LogP contribution in [-0.2, 0) is 22.6 Å². The first kappa shape index (κ1) is 30.5. The summed E-state index contributed by atoms with van der Waals surface area (Å²) in [6.07, 6.45) is 0.266. The topological polar surface area (TPSA) is 173 Å². The van der Waals surface area contributed by atoms with Crippen LogP contribution in [0.5, 0.6) is 5.75 Å². The van der Waals surface area contributed by atoms with Crippen LogP contribution >= 0.6 is 0 Å². The van der Waals surface area contributed by atoms with E-state index in [0.29, 0.717) is 12.1 Å². The van der Waals surface area contributed by atoms with Gasteiger partial charge in [-0.05, 0) is 72.7 Å². The number of carbonyl (C=O) groups excluding carboxylic acids is 3. The molecule has 2 aromatic rings. The SMILES string of the molecule is CN(C)[C@@H]1C(O)=C(C(N)=O)C(=O)[C@@]2(O)C(O)=C3C(=O)c4c(O)ccc(-c5cccc(CNCC(C)(C)C)c5)c4C[C@H]3C[C@@H]12. The van der Waals surface area contributed by atoms with Crippen molar-refractivity contribution >= 4 is 17.5 Å². The molecule has 4 atom stereocenters. The number of likely N-dealkylation sites (N-methyl/N-ethyl adjacent to an activating group) is 1. The van der Waals surface area contributed by atoms with Crippen LogP contribution < -0.4 is 11.1 Å². The third-order valence-electron chi connectivity index (χ3n) is 8.83. The number of aliphatic hydroxyl groups is 3. The summed E-state index contributed by atoms with van der Waals surface area (Å²) in [5, 5.41) is 48.5. The Balaban J connectivity index is 1.60. The number of aliphatic hydroxyl groups excluding tert-OH is 2. The lowest BCUT2D eigenvalue weighted by molar-refractivity contribution is -0.148. The van der Waals surface area contributed by atoms with E-state index in [0.717, 1.165) is 23.2 Å². The maximum Gasteiger partial charge on any atom is 0.255 e. The Hall–Kier alpha value is -3.99. The van der Waals surface area contributed by atoms with Gasteiger partial charge in [0.25, 0.3) is 5.91 Å². The van der Waals surface area contributed by atoms with Crippen molar-refractivity contribution in [2.45, 2.75) is 51.8 Å². The molecule has 0 saturated carbocycles. The largest absolute Gasteiger partial charge is 0.510 e. The predicted octanol–water partition coefficient (Wildman–Crippen LogP) is 2.92. The number of nitrogens with zero attached hydrogens (tertiary/aromatic N) is 1. The Kier molecular flexibility index (Phi) is 7.53. The fourth-order valence-corrected chi connectivity index (χ4v) is 6.95. The minimum atomic E-state index is -2.66. The fraction of sp³-hybridized carbons (Fsp3) is 0.424. The van der Waals surface area contributed by atoms with Gasteiger partial charge in [0.15, 0.2) is 11.4 Å². The predicted molar refractivity (Wildman–Crippen MR) is 160 cm³/mol. The Morgan fingerprint density at radius 1 is 1.12 bits per heavy atom. The summed E-state index contributed by atoms with van der Waals surface area (Å²) < 4.78 is 0. The second kappa shape index (κ2) is 10.6. The zero-order valence-electron chi connectivity index (χ0n) is 25.1. The van der Waals surface area contributed by atoms with Gasteiger partial charge in [0.1, 0.15) is 22.8 Å². The summed E-state index contributed by atoms with van der Waals surface area (Å²) in [6, 6.07) is 10.1. The Morgan fingerprint density at radius 3 is 2.44 bits per heavy atom. The number of Topliss-reactive ketones (excluding diaryl/α,β-unsaturated/α-hetero) is 2. The molecule has 0 spiro atoms. The smallest absolute Gasteiger partial charge is 0.255 e. The van der Waals surface area contributed by atoms with E-state index in [9.17, 15) is 34.8 Å². The number of rotatable bonds is 6. The van der Waals surface area contributed by atoms with Crippen molar-refractivity contribution in [2.75, 3.05) is 20.6 Å². The summed E-state index contributed by atoms with van der Waals surface area (Å²) in [6.45, 7) is 7.94. The maximum absolute atomic E-state index is 14.0. The van der Waals surface area contributed by atoms with Gasteiger partial charge in [-0.3, -0.25) is 19.3 Å². The lowest BCUT2D eigenvalue weighted by Crippen LogP contribution is -2.63. The second-order valence-electron chi connectivity index (χ2n) is 13.3. The second-order valence-corrected chi connectivity index (χ2v) is 13.3. The molecular formula is C33H39N3O7. The number of phenolic OH excluding ortho intramolecular Hbond substituents is 1. The number of phenols is 1. The van der Waals surface area contributed by atoms with E-state index in [-0.39, 0.29) is 35.1 Å². The first-order valence-electron chi connectivity index (χ1n) is 14.4. The van der Waals surface area contributed by atoms with E-state index in [1.165, 1.54) is 11.0 Å². The van der Waals surface area contributed by atoms with Crippen molar-refractivity contribution in [3.05, 3.63) is 75.8 Å². The van der Waals surface area contributed by atoms with Crippen LogP contribution in [0.4, 0.5) is 0 Å². The number of benzene rings is 2. The van der Waals surface area contributed by atoms with Crippen LogP contribution in [0.3, 0.4) is 0 Å². The van der Waals surface area contributed by atoms with Crippen LogP contribution in [0, 0.1) is 17.3 Å². The molecule has 0 aromatic heterocycles. The summed E-state index contributed by atoms with van der Waals surface area (Å²) in [4.78, 5) is 41.2. The molecule has 3 aliphatic carbocycles. The average molecular weight is 590 g/mol. The van der Waals surface area contributed by atoms with Gasteiger partial charge in [-0.1, -0.05) is 45.0 Å². The van der Waals surface area contributed by atoms with Gasteiger partial charge in [0.2, 0.25) is 5.78 Å². The highest BCUT2D eigenvalue weighted by Crippen LogP contribution is 2.53. The Labute approximate surface area is 250 Å². The molecular weight excluding hydrogens is 550 g/mol. The van der Waals surface area contributed by atoms with Crippen molar-refractivity contribution in [3.8, 4) is 16.9 Å². The number of hydrogen-bond donors (Lipinski definition) is 6. The molecule has 2 aromatic carbocycles. The molecule has 0 bridgehead atoms. The molecule has 0 unspecified atom stereocenters. The van der Waals surface area contributed by atoms with E-state index in [1.54, 1.807) is 20.2 Å². The van der Waals surface area contributed by atoms with Gasteiger partial charge in [-0.15, -0.1) is 0 Å². The van der Waals surface area contributed by atoms with Gasteiger partial charge < -0.3 is 31.5 Å². The van der Waals surface area contributed by atoms with Crippen molar-refractivity contribution in [1.29, 1.82) is 0 Å². The van der Waals surface area contributed by atoms with E-state index in [4.69, 9.17) is 5.73 Å². The summed E-state index contributed by atoms with van der Waals surface area (Å²) in [5.41, 5.74) is 5.11. The molecule has 43 heavy (non-hydrogen) atoms. The number of carbonyl (C=O) groups is 3. The molecule has 0 aliphatic heterocycles. The van der Waals surface area contributed by atoms with Gasteiger partial charge in [0, 0.05) is 24.6 Å². The first-order valence-corrected chi connectivity index (χ1v) is 14.4. The lowest BCUT2D eigenvalue weighted by atomic mass is 9.58. The van der Waals surface area contributed by atoms with Gasteiger partial charge in [-0.25, -0.2) is 0 Å². The summed E-state index contributed by atoms with van der Waals surface area (Å²) in [7, 11) is 3.21. The number of nitrogens with two attached hydrogens (primary N) is 1. The molecule has 5 rings (SSSR count). The van der Waals surface area contributed by atoms with Gasteiger partial charge in [0.05, 0.1) is 11.6 Å². The standard InChI is InChI=1S/C33H39N3O7/c1-32(2,3)15-35-14-16-7-6-8-17(11-16)19-9-10-22(37)24-20(19)12-18-13-21-26(36(4)5)28(39)25(31(34)42)30(41)33(21,43)29(40)23(18)27(24)38/h6-11,18,21,26,35,37,39-40,43H,12-15H2,1-5H3,(H2,34,42)/t18-,21-,26-,33-/m0/s1. The van der Waals surface area contributed by atoms with Crippen molar-refractivity contribution in [3.63, 3.8) is 0 Å². The zero-order chi connectivity index (χ0) is 31.6. The van der Waals surface area contributed by atoms with Crippen LogP contribution in [0.1, 0.15) is 48.7 Å². The van der Waals surface area contributed by atoms with Gasteiger partial charge >= 0.3 is 0 Å². The summed E-state index contributed by atoms with van der Waals surface area (Å²) in [5.74, 6) is -6.66. The molecule has 228 valence electrons. The highest BCUT2D eigenvalue weighted by atomic mass is 16.3. The Morgan fingerprint density at radius 2 is 1.81 bits per heavy atom. The van der Waals surface area contributed by atoms with Crippen LogP contribution in [0.25, 0.3) is 11.1 Å². The van der Waals surface area contributed by atoms with E-state index in [1.807, 2.05) is 24.3 Å². The van der Waals surface area contributed by atoms with Crippen LogP contribution in [0.2, 0.25) is 0 Å². The quantitative estimate of drug-likeness (QED) is 0.277. The molecule has 1 amide bonds. The molecule has 10 heteroatoms. The molecule has 0 heterocycles. The number of hydrogen-bond acceptors (Lipinski definition) is 9. The Bertz CT molecular complexity index is 1600. The highest BCUT2D eigenvalue weighted by molar-refractivity contribution is 6.24. The van der Waals surface area contributed by atoms with Crippen LogP contribution in [-0.4, -0.2) is 75.1 Å². The summed E-state index contributed by atoms with van der Waals surface area (Å²) >= 11 is 0. The third-order valence-corrected chi connectivity index (χ3v) is 8.83. The van der Waals surface area contributed by atoms with Crippen molar-refractivity contribution in [2.24, 2.45) is 23.0 Å². The molecule has 0 saturated heterocycles. The fourth-order valence-electron chi connectivity index (χ4n) is 6.95. The normalized spacial score (nSPS) is 25.5. The lowest BCUT2D eigenvalue weighted by Gasteiger charge is -2.50.